The monoisotopic (exact) mass is 847 g/mol. The molecule has 3 fully saturated rings. The van der Waals surface area contributed by atoms with Gasteiger partial charge in [-0.3, -0.25) is 14.5 Å². The number of ketones is 2. The van der Waals surface area contributed by atoms with Crippen LogP contribution < -0.4 is 5.43 Å². The standard InChI is InChI=1S/C42H62FN5O10S/c1-11-16-46(10)30-19-25(4)55-37(33(30)50)57-36-27(6)35(51)41(8,43)38(52)56-31(12-2)42(9)34(26(5)32(49)24(3)20-40(36,7)54)48(39(53)58-42)45-15-13-17-47-21-29(44-23-47)28-14-18-59-22-28/h11,14,18,21-27,30-31,33-34,36-37,45,50,54H,1,12-13,15-17,19-20H2,2-10H3/t24-,25-,26+,27+,30+,31-,33-,34?,36-,37?,40-,41+,42-/m1/s1. The number of carbonyl (C=O) groups excluding carboxylic acids is 4. The summed E-state index contributed by atoms with van der Waals surface area (Å²) in [4.78, 5) is 62.6. The Morgan fingerprint density at radius 1 is 1.17 bits per heavy atom. The smallest absolute Gasteiger partial charge is 0.425 e. The summed E-state index contributed by atoms with van der Waals surface area (Å²) in [7, 11) is 1.81. The summed E-state index contributed by atoms with van der Waals surface area (Å²) in [6, 6.07) is 0.462. The van der Waals surface area contributed by atoms with Crippen LogP contribution >= 0.6 is 11.3 Å². The van der Waals surface area contributed by atoms with Crippen molar-refractivity contribution >= 4 is 35.0 Å². The number of imidazole rings is 1. The molecule has 15 nitrogen and oxygen atoms in total. The van der Waals surface area contributed by atoms with E-state index in [0.29, 0.717) is 25.9 Å². The average Bonchev–Trinajstić information content (AvgIpc) is 3.94. The second-order valence-electron chi connectivity index (χ2n) is 17.1. The highest BCUT2D eigenvalue weighted by molar-refractivity contribution is 7.08. The second kappa shape index (κ2) is 18.6. The summed E-state index contributed by atoms with van der Waals surface area (Å²) >= 11 is 1.58. The molecule has 0 saturated carbocycles. The predicted octanol–water partition coefficient (Wildman–Crippen LogP) is 4.70. The van der Waals surface area contributed by atoms with Gasteiger partial charge in [0, 0.05) is 60.6 Å². The molecule has 17 heteroatoms. The second-order valence-corrected chi connectivity index (χ2v) is 17.9. The molecule has 0 bridgehead atoms. The summed E-state index contributed by atoms with van der Waals surface area (Å²) < 4.78 is 42.8. The molecule has 2 aromatic heterocycles. The molecule has 3 aliphatic rings. The largest absolute Gasteiger partial charge is 0.455 e. The number of likely N-dealkylation sites (N-methyl/N-ethyl adjacent to an activating group) is 1. The first-order valence-corrected chi connectivity index (χ1v) is 21.4. The van der Waals surface area contributed by atoms with Gasteiger partial charge < -0.3 is 33.7 Å². The lowest BCUT2D eigenvalue weighted by Gasteiger charge is -2.46. The van der Waals surface area contributed by atoms with Gasteiger partial charge in [-0.05, 0) is 71.9 Å². The van der Waals surface area contributed by atoms with Gasteiger partial charge in [0.15, 0.2) is 17.7 Å². The fraction of sp³-hybridized carbons (Fsp3) is 0.690. The Morgan fingerprint density at radius 3 is 2.53 bits per heavy atom. The number of nitrogens with one attached hydrogen (secondary N) is 1. The molecular formula is C42H62FN5O10S. The van der Waals surface area contributed by atoms with E-state index in [9.17, 15) is 29.4 Å². The molecule has 0 spiro atoms. The number of halogens is 1. The van der Waals surface area contributed by atoms with Crippen LogP contribution in [0.3, 0.4) is 0 Å². The van der Waals surface area contributed by atoms with Crippen LogP contribution in [-0.2, 0) is 39.9 Å². The molecule has 3 N–H and O–H groups in total. The van der Waals surface area contributed by atoms with E-state index >= 15 is 4.39 Å². The number of amides is 1. The predicted molar refractivity (Wildman–Crippen MR) is 218 cm³/mol. The van der Waals surface area contributed by atoms with Gasteiger partial charge in [0.1, 0.15) is 24.0 Å². The molecular weight excluding hydrogens is 786 g/mol. The van der Waals surface area contributed by atoms with Gasteiger partial charge in [-0.2, -0.15) is 11.3 Å². The number of rotatable bonds is 12. The zero-order valence-electron chi connectivity index (χ0n) is 35.6. The number of alkyl halides is 1. The van der Waals surface area contributed by atoms with Gasteiger partial charge in [-0.15, -0.1) is 6.58 Å². The van der Waals surface area contributed by atoms with Crippen molar-refractivity contribution < 1.29 is 52.7 Å². The summed E-state index contributed by atoms with van der Waals surface area (Å²) in [5.41, 5.74) is -1.96. The fourth-order valence-electron chi connectivity index (χ4n) is 9.13. The fourth-order valence-corrected chi connectivity index (χ4v) is 9.78. The highest BCUT2D eigenvalue weighted by atomic mass is 32.1. The van der Waals surface area contributed by atoms with Crippen molar-refractivity contribution in [2.45, 2.75) is 147 Å². The Balaban J connectivity index is 1.44. The number of hydrazine groups is 1. The Labute approximate surface area is 350 Å². The van der Waals surface area contributed by atoms with Crippen LogP contribution in [0.1, 0.15) is 81.1 Å². The molecule has 3 saturated heterocycles. The van der Waals surface area contributed by atoms with Crippen LogP contribution in [0.2, 0.25) is 0 Å². The van der Waals surface area contributed by atoms with Gasteiger partial charge in [0.05, 0.1) is 29.8 Å². The minimum Gasteiger partial charge on any atom is -0.455 e. The van der Waals surface area contributed by atoms with Crippen LogP contribution in [0.4, 0.5) is 9.18 Å². The van der Waals surface area contributed by atoms with Gasteiger partial charge in [0.2, 0.25) is 0 Å². The lowest BCUT2D eigenvalue weighted by molar-refractivity contribution is -0.293. The maximum Gasteiger partial charge on any atom is 0.425 e. The number of nitrogens with zero attached hydrogens (tertiary/aromatic N) is 4. The Hall–Kier alpha value is -3.58. The third-order valence-corrected chi connectivity index (χ3v) is 13.0. The van der Waals surface area contributed by atoms with Gasteiger partial charge in [0.25, 0.3) is 5.67 Å². The van der Waals surface area contributed by atoms with Crippen molar-refractivity contribution in [1.29, 1.82) is 0 Å². The summed E-state index contributed by atoms with van der Waals surface area (Å²) in [6.45, 7) is 16.8. The number of aliphatic hydroxyl groups excluding tert-OH is 1. The highest BCUT2D eigenvalue weighted by Crippen LogP contribution is 2.42. The number of esters is 1. The van der Waals surface area contributed by atoms with Crippen molar-refractivity contribution in [3.05, 3.63) is 42.0 Å². The number of aryl methyl sites for hydroxylation is 1. The number of fused-ring (bicyclic) bond motifs is 1. The maximum absolute atomic E-state index is 16.8. The van der Waals surface area contributed by atoms with Gasteiger partial charge in [-0.25, -0.2) is 29.4 Å². The number of cyclic esters (lactones) is 1. The van der Waals surface area contributed by atoms with E-state index in [1.165, 1.54) is 25.8 Å². The van der Waals surface area contributed by atoms with E-state index < -0.39 is 95.3 Å². The molecule has 2 unspecified atom stereocenters. The molecule has 328 valence electrons. The molecule has 5 rings (SSSR count). The molecule has 13 atom stereocenters. The van der Waals surface area contributed by atoms with Crippen molar-refractivity contribution in [1.82, 2.24) is 24.9 Å². The summed E-state index contributed by atoms with van der Waals surface area (Å²) in [6.07, 6.45) is -0.607. The first-order chi connectivity index (χ1) is 27.7. The molecule has 5 heterocycles. The van der Waals surface area contributed by atoms with E-state index in [1.54, 1.807) is 58.5 Å². The van der Waals surface area contributed by atoms with E-state index in [4.69, 9.17) is 18.9 Å². The molecule has 0 aromatic carbocycles. The summed E-state index contributed by atoms with van der Waals surface area (Å²) in [5.74, 6) is -6.51. The molecule has 1 amide bonds. The third kappa shape index (κ3) is 9.66. The maximum atomic E-state index is 16.8. The molecule has 0 aliphatic carbocycles. The van der Waals surface area contributed by atoms with Crippen molar-refractivity contribution in [3.8, 4) is 11.3 Å². The Bertz CT molecular complexity index is 1810. The SMILES string of the molecule is C=CCN(C)[C@H]1C[C@@H](C)OC(O[C@@H]2[C@@H](C)C(=O)[C@](C)(F)C(=O)O[C@H](CC)[C@@]3(C)OC(=O)N(NCCCn4cnc(-c5ccsc5)c4)C3[C@@H](C)C(=O)[C@H](C)C[C@@]2(C)O)[C@@H]1O. The number of carbonyl (C=O) groups is 4. The van der Waals surface area contributed by atoms with Crippen molar-refractivity contribution in [2.75, 3.05) is 20.1 Å². The van der Waals surface area contributed by atoms with E-state index in [-0.39, 0.29) is 25.2 Å². The first kappa shape index (κ1) is 46.5. The number of Topliss-reactive ketones (excluding diaryl/α,β-unsaturated/α-hetero) is 2. The molecule has 3 aliphatic heterocycles. The van der Waals surface area contributed by atoms with Crippen LogP contribution in [0.25, 0.3) is 11.3 Å². The van der Waals surface area contributed by atoms with Gasteiger partial charge >= 0.3 is 12.1 Å². The van der Waals surface area contributed by atoms with E-state index in [0.717, 1.165) is 18.2 Å². The number of hydrogen-bond acceptors (Lipinski definition) is 14. The number of ether oxygens (including phenoxy) is 4. The minimum atomic E-state index is -3.25. The minimum absolute atomic E-state index is 0.0419. The quantitative estimate of drug-likeness (QED) is 0.116. The number of hydrogen-bond donors (Lipinski definition) is 3. The van der Waals surface area contributed by atoms with Crippen LogP contribution in [-0.4, -0.2) is 133 Å². The Kier molecular flexibility index (Phi) is 14.6. The van der Waals surface area contributed by atoms with E-state index in [1.807, 2.05) is 32.5 Å². The number of thiophene rings is 1. The number of aliphatic hydroxyl groups is 2. The topological polar surface area (TPSA) is 182 Å². The molecule has 0 radical (unpaired) electrons. The zero-order valence-corrected chi connectivity index (χ0v) is 36.4. The van der Waals surface area contributed by atoms with Crippen molar-refractivity contribution in [2.24, 2.45) is 17.8 Å². The highest BCUT2D eigenvalue weighted by Gasteiger charge is 2.62. The van der Waals surface area contributed by atoms with Crippen LogP contribution in [0.5, 0.6) is 0 Å². The summed E-state index contributed by atoms with van der Waals surface area (Å²) in [5, 5.41) is 29.0. The average molecular weight is 848 g/mol. The third-order valence-electron chi connectivity index (χ3n) is 12.3. The van der Waals surface area contributed by atoms with Crippen molar-refractivity contribution in [3.63, 3.8) is 0 Å². The van der Waals surface area contributed by atoms with Crippen LogP contribution in [0, 0.1) is 17.8 Å². The zero-order chi connectivity index (χ0) is 43.6. The lowest BCUT2D eigenvalue weighted by atomic mass is 9.73. The number of aromatic nitrogens is 2. The molecule has 59 heavy (non-hydrogen) atoms. The molecule has 2 aromatic rings. The van der Waals surface area contributed by atoms with E-state index in [2.05, 4.69) is 17.0 Å². The normalized spacial score (nSPS) is 37.5. The lowest BCUT2D eigenvalue weighted by Crippen LogP contribution is -2.62. The first-order valence-electron chi connectivity index (χ1n) is 20.5. The Morgan fingerprint density at radius 2 is 1.88 bits per heavy atom. The van der Waals surface area contributed by atoms with Crippen LogP contribution in [0.15, 0.2) is 42.0 Å². The van der Waals surface area contributed by atoms with Gasteiger partial charge in [-0.1, -0.05) is 33.8 Å².